The van der Waals surface area contributed by atoms with Crippen LogP contribution in [0, 0.1) is 10.1 Å². The highest BCUT2D eigenvalue weighted by molar-refractivity contribution is 7.98. The Morgan fingerprint density at radius 3 is 2.31 bits per heavy atom. The molecule has 1 amide bonds. The van der Waals surface area contributed by atoms with Crippen LogP contribution in [0.4, 0.5) is 17.5 Å². The van der Waals surface area contributed by atoms with Crippen molar-refractivity contribution in [2.24, 2.45) is 0 Å². The number of anilines is 2. The monoisotopic (exact) mass is 400 g/mol. The Hall–Kier alpha value is -1.79. The lowest BCUT2D eigenvalue weighted by Crippen LogP contribution is -2.46. The van der Waals surface area contributed by atoms with Gasteiger partial charge in [-0.3, -0.25) is 14.9 Å². The third-order valence-corrected chi connectivity index (χ3v) is 6.37. The molecule has 2 aliphatic rings. The number of nitrogens with zero attached hydrogens (tertiary/aromatic N) is 6. The van der Waals surface area contributed by atoms with Crippen LogP contribution in [0.25, 0.3) is 0 Å². The second-order valence-electron chi connectivity index (χ2n) is 5.93. The van der Waals surface area contributed by atoms with E-state index in [-0.39, 0.29) is 5.69 Å². The van der Waals surface area contributed by atoms with Crippen molar-refractivity contribution >= 4 is 46.8 Å². The van der Waals surface area contributed by atoms with E-state index in [0.29, 0.717) is 67.6 Å². The predicted octanol–water partition coefficient (Wildman–Crippen LogP) is -0.0462. The van der Waals surface area contributed by atoms with Crippen molar-refractivity contribution in [1.29, 1.82) is 0 Å². The Morgan fingerprint density at radius 1 is 1.12 bits per heavy atom. The van der Waals surface area contributed by atoms with Crippen molar-refractivity contribution in [2.45, 2.75) is 5.03 Å². The Labute approximate surface area is 158 Å². The smallest absolute Gasteiger partial charge is 0.343 e. The quantitative estimate of drug-likeness (QED) is 0.167. The number of amides is 1. The molecule has 1 aromatic heterocycles. The molecule has 10 nitrogen and oxygen atoms in total. The van der Waals surface area contributed by atoms with Crippen LogP contribution in [-0.2, 0) is 16.0 Å². The van der Waals surface area contributed by atoms with Crippen molar-refractivity contribution in [3.05, 3.63) is 10.1 Å². The number of carbonyl (C=O) groups is 1. The maximum Gasteiger partial charge on any atom is 0.343 e. The molecule has 0 spiro atoms. The zero-order valence-electron chi connectivity index (χ0n) is 14.4. The molecule has 12 heteroatoms. The minimum absolute atomic E-state index is 0.0968. The van der Waals surface area contributed by atoms with E-state index >= 15 is 0 Å². The summed E-state index contributed by atoms with van der Waals surface area (Å²) in [6.07, 6.45) is 2.57. The molecule has 26 heavy (non-hydrogen) atoms. The Bertz CT molecular complexity index is 678. The maximum atomic E-state index is 11.6. The minimum Gasteiger partial charge on any atom is -0.616 e. The van der Waals surface area contributed by atoms with Gasteiger partial charge in [0.05, 0.1) is 18.0 Å². The second-order valence-corrected chi connectivity index (χ2v) is 8.42. The van der Waals surface area contributed by atoms with E-state index < -0.39 is 16.1 Å². The molecule has 0 aromatic carbocycles. The summed E-state index contributed by atoms with van der Waals surface area (Å²) in [6, 6.07) is 0. The van der Waals surface area contributed by atoms with Crippen molar-refractivity contribution in [1.82, 2.24) is 14.9 Å². The van der Waals surface area contributed by atoms with E-state index in [2.05, 4.69) is 9.97 Å². The molecule has 0 aliphatic carbocycles. The molecule has 3 rings (SSSR count). The van der Waals surface area contributed by atoms with Gasteiger partial charge in [0.1, 0.15) is 11.5 Å². The van der Waals surface area contributed by atoms with Crippen molar-refractivity contribution in [2.75, 3.05) is 66.8 Å². The fraction of sp³-hybridized carbons (Fsp3) is 0.643. The van der Waals surface area contributed by atoms with Crippen LogP contribution in [0.15, 0.2) is 5.03 Å². The number of hydrogen-bond donors (Lipinski definition) is 0. The summed E-state index contributed by atoms with van der Waals surface area (Å²) in [5, 5.41) is 12.0. The molecule has 0 saturated carbocycles. The summed E-state index contributed by atoms with van der Waals surface area (Å²) < 4.78 is 11.6. The van der Waals surface area contributed by atoms with E-state index in [1.54, 1.807) is 11.2 Å². The molecule has 0 atom stereocenters. The molecule has 2 saturated heterocycles. The van der Waals surface area contributed by atoms with E-state index in [4.69, 9.17) is 0 Å². The van der Waals surface area contributed by atoms with Crippen LogP contribution < -0.4 is 9.80 Å². The first kappa shape index (κ1) is 19.0. The SMILES string of the molecule is CSc1nc(N2CCN(C=O)CC2)nc(N2CC[S+]([O-])CC2)c1[N+](=O)[O-]. The van der Waals surface area contributed by atoms with Gasteiger partial charge in [0.15, 0.2) is 5.03 Å². The number of piperazine rings is 1. The fourth-order valence-corrected chi connectivity index (χ4v) is 4.54. The standard InChI is InChI=1S/C14H20N6O4S2/c1-25-13-11(20(22)23)12(18-6-8-26(24)9-7-18)15-14(16-13)19-4-2-17(10-21)3-5-19/h10H,2-9H2,1H3. The molecule has 3 heterocycles. The highest BCUT2D eigenvalue weighted by Crippen LogP contribution is 2.36. The number of carbonyl (C=O) groups excluding carboxylic acids is 1. The van der Waals surface area contributed by atoms with Gasteiger partial charge in [-0.2, -0.15) is 9.97 Å². The van der Waals surface area contributed by atoms with Gasteiger partial charge in [-0.05, 0) is 6.26 Å². The van der Waals surface area contributed by atoms with Crippen LogP contribution >= 0.6 is 11.8 Å². The maximum absolute atomic E-state index is 11.6. The zero-order chi connectivity index (χ0) is 18.7. The summed E-state index contributed by atoms with van der Waals surface area (Å²) in [7, 11) is 0. The third-order valence-electron chi connectivity index (χ3n) is 4.42. The largest absolute Gasteiger partial charge is 0.616 e. The first-order chi connectivity index (χ1) is 12.5. The number of rotatable bonds is 5. The molecule has 142 valence electrons. The van der Waals surface area contributed by atoms with Crippen molar-refractivity contribution in [3.8, 4) is 0 Å². The van der Waals surface area contributed by atoms with Gasteiger partial charge in [0.2, 0.25) is 18.2 Å². The van der Waals surface area contributed by atoms with Crippen LogP contribution in [0.1, 0.15) is 0 Å². The molecule has 0 unspecified atom stereocenters. The van der Waals surface area contributed by atoms with Crippen LogP contribution in [0.5, 0.6) is 0 Å². The zero-order valence-corrected chi connectivity index (χ0v) is 16.0. The number of aromatic nitrogens is 2. The topological polar surface area (TPSA) is 119 Å². The highest BCUT2D eigenvalue weighted by Gasteiger charge is 2.32. The lowest BCUT2D eigenvalue weighted by atomic mass is 10.3. The van der Waals surface area contributed by atoms with Crippen molar-refractivity contribution in [3.63, 3.8) is 0 Å². The van der Waals surface area contributed by atoms with Gasteiger partial charge < -0.3 is 19.3 Å². The number of nitro groups is 1. The van der Waals surface area contributed by atoms with Crippen LogP contribution in [0.3, 0.4) is 0 Å². The first-order valence-corrected chi connectivity index (χ1v) is 10.9. The summed E-state index contributed by atoms with van der Waals surface area (Å²) >= 11 is 0.330. The Balaban J connectivity index is 1.95. The molecular weight excluding hydrogens is 380 g/mol. The summed E-state index contributed by atoms with van der Waals surface area (Å²) in [6.45, 7) is 3.22. The average molecular weight is 400 g/mol. The summed E-state index contributed by atoms with van der Waals surface area (Å²) in [5.41, 5.74) is -0.0968. The summed E-state index contributed by atoms with van der Waals surface area (Å²) in [4.78, 5) is 36.4. The molecule has 0 N–H and O–H groups in total. The van der Waals surface area contributed by atoms with Crippen LogP contribution in [-0.4, -0.2) is 87.8 Å². The molecule has 2 aliphatic heterocycles. The minimum atomic E-state index is -0.883. The van der Waals surface area contributed by atoms with Crippen LogP contribution in [0.2, 0.25) is 0 Å². The lowest BCUT2D eigenvalue weighted by molar-refractivity contribution is -0.387. The molecule has 1 aromatic rings. The van der Waals surface area contributed by atoms with Gasteiger partial charge in [0, 0.05) is 26.2 Å². The molecule has 2 fully saturated rings. The van der Waals surface area contributed by atoms with Gasteiger partial charge in [0.25, 0.3) is 0 Å². The highest BCUT2D eigenvalue weighted by atomic mass is 32.2. The van der Waals surface area contributed by atoms with E-state index in [0.717, 1.165) is 6.41 Å². The second kappa shape index (κ2) is 8.27. The normalized spacial score (nSPS) is 18.9. The van der Waals surface area contributed by atoms with Gasteiger partial charge in [-0.25, -0.2) is 0 Å². The van der Waals surface area contributed by atoms with Gasteiger partial charge in [-0.15, -0.1) is 11.8 Å². The Morgan fingerprint density at radius 2 is 1.77 bits per heavy atom. The van der Waals surface area contributed by atoms with Crippen molar-refractivity contribution < 1.29 is 14.3 Å². The Kier molecular flexibility index (Phi) is 6.04. The van der Waals surface area contributed by atoms with E-state index in [1.807, 2.05) is 9.80 Å². The molecule has 0 bridgehead atoms. The third kappa shape index (κ3) is 3.96. The average Bonchev–Trinajstić information content (AvgIpc) is 2.67. The van der Waals surface area contributed by atoms with E-state index in [9.17, 15) is 19.5 Å². The molecular formula is C14H20N6O4S2. The summed E-state index contributed by atoms with van der Waals surface area (Å²) in [5.74, 6) is 1.68. The number of hydrogen-bond acceptors (Lipinski definition) is 9. The van der Waals surface area contributed by atoms with Gasteiger partial charge in [-0.1, -0.05) is 11.2 Å². The lowest BCUT2D eigenvalue weighted by Gasteiger charge is -2.33. The number of thioether (sulfide) groups is 1. The van der Waals surface area contributed by atoms with Gasteiger partial charge >= 0.3 is 5.69 Å². The fourth-order valence-electron chi connectivity index (χ4n) is 2.95. The first-order valence-electron chi connectivity index (χ1n) is 8.18. The van der Waals surface area contributed by atoms with E-state index in [1.165, 1.54) is 11.8 Å². The molecule has 0 radical (unpaired) electrons. The predicted molar refractivity (Wildman–Crippen MR) is 100 cm³/mol.